The van der Waals surface area contributed by atoms with E-state index in [4.69, 9.17) is 4.74 Å². The van der Waals surface area contributed by atoms with Crippen molar-refractivity contribution < 1.29 is 9.53 Å². The van der Waals surface area contributed by atoms with Gasteiger partial charge in [0.2, 0.25) is 0 Å². The van der Waals surface area contributed by atoms with E-state index in [0.717, 1.165) is 33.8 Å². The van der Waals surface area contributed by atoms with Crippen LogP contribution in [0.4, 0.5) is 0 Å². The van der Waals surface area contributed by atoms with Gasteiger partial charge in [0.25, 0.3) is 0 Å². The zero-order valence-corrected chi connectivity index (χ0v) is 17.5. The van der Waals surface area contributed by atoms with E-state index >= 15 is 0 Å². The summed E-state index contributed by atoms with van der Waals surface area (Å²) < 4.78 is 6.44. The molecule has 0 aromatic heterocycles. The molecule has 0 radical (unpaired) electrons. The highest BCUT2D eigenvalue weighted by Gasteiger charge is 2.30. The van der Waals surface area contributed by atoms with Crippen LogP contribution >= 0.6 is 0 Å². The summed E-state index contributed by atoms with van der Waals surface area (Å²) in [6.45, 7) is 0. The molecule has 4 aromatic carbocycles. The van der Waals surface area contributed by atoms with Gasteiger partial charge in [0.15, 0.2) is 5.78 Å². The lowest BCUT2D eigenvalue weighted by atomic mass is 9.81. The summed E-state index contributed by atoms with van der Waals surface area (Å²) in [5.74, 6) is 1.54. The van der Waals surface area contributed by atoms with Crippen LogP contribution in [0.15, 0.2) is 133 Å². The Balaban J connectivity index is 1.69. The summed E-state index contributed by atoms with van der Waals surface area (Å²) in [6.07, 6.45) is 3.58. The van der Waals surface area contributed by atoms with E-state index in [9.17, 15) is 4.79 Å². The van der Waals surface area contributed by atoms with Crippen LogP contribution < -0.4 is 4.74 Å². The molecule has 1 atom stereocenters. The quantitative estimate of drug-likeness (QED) is 0.258. The van der Waals surface area contributed by atoms with E-state index in [2.05, 4.69) is 18.2 Å². The summed E-state index contributed by atoms with van der Waals surface area (Å²) >= 11 is 0. The predicted molar refractivity (Wildman–Crippen MR) is 129 cm³/mol. The van der Waals surface area contributed by atoms with E-state index < -0.39 is 0 Å². The van der Waals surface area contributed by atoms with Crippen LogP contribution in [0.1, 0.15) is 33.0 Å². The van der Waals surface area contributed by atoms with Gasteiger partial charge in [-0.25, -0.2) is 0 Å². The largest absolute Gasteiger partial charge is 0.456 e. The fourth-order valence-corrected chi connectivity index (χ4v) is 4.14. The van der Waals surface area contributed by atoms with Crippen molar-refractivity contribution in [2.75, 3.05) is 0 Å². The molecule has 1 heterocycles. The van der Waals surface area contributed by atoms with E-state index in [0.29, 0.717) is 5.56 Å². The van der Waals surface area contributed by atoms with Crippen molar-refractivity contribution in [1.29, 1.82) is 0 Å². The molecule has 1 unspecified atom stereocenters. The average Bonchev–Trinajstić information content (AvgIpc) is 2.88. The van der Waals surface area contributed by atoms with Gasteiger partial charge in [-0.2, -0.15) is 0 Å². The number of hydrogen-bond acceptors (Lipinski definition) is 2. The molecule has 2 heteroatoms. The van der Waals surface area contributed by atoms with Crippen molar-refractivity contribution in [1.82, 2.24) is 0 Å². The molecule has 0 fully saturated rings. The molecule has 2 nitrogen and oxygen atoms in total. The fourth-order valence-electron chi connectivity index (χ4n) is 4.14. The van der Waals surface area contributed by atoms with Crippen molar-refractivity contribution in [2.24, 2.45) is 0 Å². The number of ketones is 1. The lowest BCUT2D eigenvalue weighted by molar-refractivity contribution is 0.104. The first kappa shape index (κ1) is 19.8. The number of carbonyl (C=O) groups excluding carboxylic acids is 1. The Morgan fingerprint density at radius 3 is 2.00 bits per heavy atom. The molecule has 0 spiro atoms. The Kier molecular flexibility index (Phi) is 5.50. The Morgan fingerprint density at radius 2 is 1.28 bits per heavy atom. The predicted octanol–water partition coefficient (Wildman–Crippen LogP) is 7.06. The molecule has 0 aliphatic carbocycles. The minimum atomic E-state index is -0.0452. The van der Waals surface area contributed by atoms with Crippen LogP contribution in [0.3, 0.4) is 0 Å². The van der Waals surface area contributed by atoms with Gasteiger partial charge in [0.05, 0.1) is 0 Å². The lowest BCUT2D eigenvalue weighted by Gasteiger charge is -2.30. The maximum atomic E-state index is 12.9. The van der Waals surface area contributed by atoms with Gasteiger partial charge in [0, 0.05) is 28.2 Å². The van der Waals surface area contributed by atoms with Crippen molar-refractivity contribution in [3.63, 3.8) is 0 Å². The SMILES string of the molecule is O=C(C=CC1=C(c2ccccc2)Oc2ccccc2C1c1ccccc1)c1ccccc1. The fraction of sp³-hybridized carbons (Fsp3) is 0.0333. The summed E-state index contributed by atoms with van der Waals surface area (Å²) in [5.41, 5.74) is 4.85. The first-order chi connectivity index (χ1) is 15.8. The van der Waals surface area contributed by atoms with Gasteiger partial charge in [-0.15, -0.1) is 0 Å². The van der Waals surface area contributed by atoms with Gasteiger partial charge in [-0.1, -0.05) is 115 Å². The highest BCUT2D eigenvalue weighted by molar-refractivity contribution is 6.05. The molecule has 0 saturated heterocycles. The number of para-hydroxylation sites is 1. The maximum absolute atomic E-state index is 12.9. The minimum absolute atomic E-state index is 0.0313. The standard InChI is InChI=1S/C30H22O2/c31-27(22-12-4-1-5-13-22)21-20-26-29(23-14-6-2-7-15-23)25-18-10-11-19-28(25)32-30(26)24-16-8-3-9-17-24/h1-21,29H. The normalized spacial score (nSPS) is 15.3. The van der Waals surface area contributed by atoms with E-state index in [1.165, 1.54) is 0 Å². The maximum Gasteiger partial charge on any atom is 0.185 e. The molecule has 32 heavy (non-hydrogen) atoms. The number of carbonyl (C=O) groups is 1. The zero-order chi connectivity index (χ0) is 21.8. The Hall–Kier alpha value is -4.17. The molecule has 0 bridgehead atoms. The number of fused-ring (bicyclic) bond motifs is 1. The van der Waals surface area contributed by atoms with Crippen LogP contribution in [0.25, 0.3) is 5.76 Å². The van der Waals surface area contributed by atoms with Crippen molar-refractivity contribution in [2.45, 2.75) is 5.92 Å². The van der Waals surface area contributed by atoms with E-state index in [1.807, 2.05) is 103 Å². The van der Waals surface area contributed by atoms with Gasteiger partial charge < -0.3 is 4.74 Å². The summed E-state index contributed by atoms with van der Waals surface area (Å²) in [7, 11) is 0. The number of rotatable bonds is 5. The molecular formula is C30H22O2. The molecule has 1 aliphatic heterocycles. The van der Waals surface area contributed by atoms with Crippen LogP contribution in [-0.4, -0.2) is 5.78 Å². The first-order valence-corrected chi connectivity index (χ1v) is 10.7. The second kappa shape index (κ2) is 8.91. The minimum Gasteiger partial charge on any atom is -0.456 e. The summed E-state index contributed by atoms with van der Waals surface area (Å²) in [6, 6.07) is 37.9. The second-order valence-corrected chi connectivity index (χ2v) is 7.70. The highest BCUT2D eigenvalue weighted by atomic mass is 16.5. The van der Waals surface area contributed by atoms with Crippen LogP contribution in [0, 0.1) is 0 Å². The van der Waals surface area contributed by atoms with Crippen molar-refractivity contribution in [3.8, 4) is 5.75 Å². The number of benzene rings is 4. The topological polar surface area (TPSA) is 26.3 Å². The van der Waals surface area contributed by atoms with Crippen molar-refractivity contribution in [3.05, 3.63) is 155 Å². The zero-order valence-electron chi connectivity index (χ0n) is 17.5. The summed E-state index contributed by atoms with van der Waals surface area (Å²) in [4.78, 5) is 12.9. The average molecular weight is 415 g/mol. The van der Waals surface area contributed by atoms with Crippen LogP contribution in [0.2, 0.25) is 0 Å². The number of allylic oxidation sites excluding steroid dienone is 3. The Labute approximate surface area is 188 Å². The number of ether oxygens (including phenoxy) is 1. The number of hydrogen-bond donors (Lipinski definition) is 0. The van der Waals surface area contributed by atoms with Gasteiger partial charge in [-0.3, -0.25) is 4.79 Å². The summed E-state index contributed by atoms with van der Waals surface area (Å²) in [5, 5.41) is 0. The molecule has 154 valence electrons. The third-order valence-electron chi connectivity index (χ3n) is 5.66. The first-order valence-electron chi connectivity index (χ1n) is 10.7. The third-order valence-corrected chi connectivity index (χ3v) is 5.66. The van der Waals surface area contributed by atoms with Gasteiger partial charge in [-0.05, 0) is 17.7 Å². The lowest BCUT2D eigenvalue weighted by Crippen LogP contribution is -2.15. The monoisotopic (exact) mass is 414 g/mol. The molecule has 0 amide bonds. The Morgan fingerprint density at radius 1 is 0.688 bits per heavy atom. The smallest absolute Gasteiger partial charge is 0.185 e. The molecule has 1 aliphatic rings. The van der Waals surface area contributed by atoms with Gasteiger partial charge >= 0.3 is 0 Å². The molecule has 4 aromatic rings. The Bertz CT molecular complexity index is 1290. The molecular weight excluding hydrogens is 392 g/mol. The van der Waals surface area contributed by atoms with Crippen LogP contribution in [0.5, 0.6) is 5.75 Å². The molecule has 0 saturated carbocycles. The van der Waals surface area contributed by atoms with Crippen molar-refractivity contribution >= 4 is 11.5 Å². The molecule has 5 rings (SSSR count). The van der Waals surface area contributed by atoms with Crippen LogP contribution in [-0.2, 0) is 0 Å². The van der Waals surface area contributed by atoms with Gasteiger partial charge in [0.1, 0.15) is 11.5 Å². The van der Waals surface area contributed by atoms with E-state index in [-0.39, 0.29) is 11.7 Å². The highest BCUT2D eigenvalue weighted by Crippen LogP contribution is 2.46. The van der Waals surface area contributed by atoms with E-state index in [1.54, 1.807) is 6.08 Å². The molecule has 0 N–H and O–H groups in total. The third kappa shape index (κ3) is 3.91. The second-order valence-electron chi connectivity index (χ2n) is 7.70.